The van der Waals surface area contributed by atoms with Crippen molar-refractivity contribution >= 4 is 16.8 Å². The normalized spacial score (nSPS) is 8.79. The number of hydrogen-bond acceptors (Lipinski definition) is 2. The smallest absolute Gasteiger partial charge is 0.252 e. The second-order valence-corrected chi connectivity index (χ2v) is 2.76. The summed E-state index contributed by atoms with van der Waals surface area (Å²) in [6.45, 7) is 5.67. The fourth-order valence-corrected chi connectivity index (χ4v) is 0.899. The molecule has 0 spiro atoms. The molecule has 0 saturated carbocycles. The van der Waals surface area contributed by atoms with Crippen LogP contribution >= 0.6 is 11.6 Å². The fraction of sp³-hybridized carbons (Fsp3) is 0.364. The SMILES string of the molecule is CCOCC.O=C(Cl)c1ccccc1. The quantitative estimate of drug-likeness (QED) is 0.723. The lowest BCUT2D eigenvalue weighted by Gasteiger charge is -1.87. The predicted octanol–water partition coefficient (Wildman–Crippen LogP) is 3.11. The molecule has 0 amide bonds. The Morgan fingerprint density at radius 3 is 1.93 bits per heavy atom. The van der Waals surface area contributed by atoms with Crippen molar-refractivity contribution in [3.8, 4) is 0 Å². The van der Waals surface area contributed by atoms with Crippen LogP contribution in [0.2, 0.25) is 0 Å². The van der Waals surface area contributed by atoms with Gasteiger partial charge in [0.2, 0.25) is 0 Å². The summed E-state index contributed by atoms with van der Waals surface area (Å²) < 4.78 is 4.83. The molecule has 0 aliphatic heterocycles. The maximum absolute atomic E-state index is 10.4. The molecule has 1 aromatic carbocycles. The molecule has 0 aromatic heterocycles. The van der Waals surface area contributed by atoms with Crippen molar-refractivity contribution in [2.75, 3.05) is 13.2 Å². The summed E-state index contributed by atoms with van der Waals surface area (Å²) in [5.74, 6) is 0. The topological polar surface area (TPSA) is 26.3 Å². The molecule has 0 bridgehead atoms. The molecular weight excluding hydrogens is 200 g/mol. The van der Waals surface area contributed by atoms with Crippen molar-refractivity contribution < 1.29 is 9.53 Å². The molecule has 78 valence electrons. The van der Waals surface area contributed by atoms with Crippen LogP contribution in [0.15, 0.2) is 30.3 Å². The number of hydrogen-bond donors (Lipinski definition) is 0. The number of carbonyl (C=O) groups excluding carboxylic acids is 1. The Bertz CT molecular complexity index is 245. The van der Waals surface area contributed by atoms with Crippen LogP contribution in [0.1, 0.15) is 24.2 Å². The molecule has 0 fully saturated rings. The fourth-order valence-electron chi connectivity index (χ4n) is 0.773. The lowest BCUT2D eigenvalue weighted by molar-refractivity contribution is 0.108. The third-order valence-electron chi connectivity index (χ3n) is 1.41. The highest BCUT2D eigenvalue weighted by Crippen LogP contribution is 2.01. The summed E-state index contributed by atoms with van der Waals surface area (Å²) in [6.07, 6.45) is 0. The van der Waals surface area contributed by atoms with Crippen molar-refractivity contribution in [2.24, 2.45) is 0 Å². The maximum Gasteiger partial charge on any atom is 0.252 e. The molecule has 0 aliphatic carbocycles. The number of halogens is 1. The number of carbonyl (C=O) groups is 1. The van der Waals surface area contributed by atoms with Crippen LogP contribution in [-0.2, 0) is 4.74 Å². The van der Waals surface area contributed by atoms with Crippen molar-refractivity contribution in [1.29, 1.82) is 0 Å². The summed E-state index contributed by atoms with van der Waals surface area (Å²) in [5.41, 5.74) is 0.541. The second kappa shape index (κ2) is 8.73. The first-order valence-electron chi connectivity index (χ1n) is 4.55. The average Bonchev–Trinajstić information content (AvgIpc) is 2.21. The van der Waals surface area contributed by atoms with E-state index in [1.807, 2.05) is 19.9 Å². The van der Waals surface area contributed by atoms with Crippen molar-refractivity contribution in [3.63, 3.8) is 0 Å². The summed E-state index contributed by atoms with van der Waals surface area (Å²) >= 11 is 5.16. The van der Waals surface area contributed by atoms with Crippen molar-refractivity contribution in [3.05, 3.63) is 35.9 Å². The highest BCUT2D eigenvalue weighted by molar-refractivity contribution is 6.67. The zero-order chi connectivity index (χ0) is 10.8. The van der Waals surface area contributed by atoms with Gasteiger partial charge in [-0.05, 0) is 25.4 Å². The largest absolute Gasteiger partial charge is 0.382 e. The third-order valence-corrected chi connectivity index (χ3v) is 1.63. The molecule has 0 unspecified atom stereocenters. The Kier molecular flexibility index (Phi) is 8.19. The van der Waals surface area contributed by atoms with Crippen molar-refractivity contribution in [2.45, 2.75) is 13.8 Å². The minimum atomic E-state index is -0.407. The molecule has 1 aromatic rings. The van der Waals surface area contributed by atoms with Crippen LogP contribution in [-0.4, -0.2) is 18.5 Å². The van der Waals surface area contributed by atoms with Crippen LogP contribution in [0.3, 0.4) is 0 Å². The van der Waals surface area contributed by atoms with Gasteiger partial charge in [0.15, 0.2) is 0 Å². The van der Waals surface area contributed by atoms with Gasteiger partial charge in [-0.2, -0.15) is 0 Å². The molecule has 0 atom stereocenters. The predicted molar refractivity (Wildman–Crippen MR) is 58.8 cm³/mol. The Morgan fingerprint density at radius 1 is 1.21 bits per heavy atom. The van der Waals surface area contributed by atoms with Gasteiger partial charge in [0.05, 0.1) is 0 Å². The monoisotopic (exact) mass is 214 g/mol. The average molecular weight is 215 g/mol. The lowest BCUT2D eigenvalue weighted by Crippen LogP contribution is -1.84. The summed E-state index contributed by atoms with van der Waals surface area (Å²) in [6, 6.07) is 8.74. The van der Waals surface area contributed by atoms with Gasteiger partial charge in [-0.3, -0.25) is 4.79 Å². The van der Waals surface area contributed by atoms with Gasteiger partial charge >= 0.3 is 0 Å². The summed E-state index contributed by atoms with van der Waals surface area (Å²) in [7, 11) is 0. The lowest BCUT2D eigenvalue weighted by atomic mass is 10.2. The molecule has 3 heteroatoms. The Balaban J connectivity index is 0.000000292. The van der Waals surface area contributed by atoms with E-state index in [1.165, 1.54) is 0 Å². The molecule has 2 nitrogen and oxygen atoms in total. The van der Waals surface area contributed by atoms with Gasteiger partial charge < -0.3 is 4.74 Å². The summed E-state index contributed by atoms with van der Waals surface area (Å²) in [5, 5.41) is -0.407. The third kappa shape index (κ3) is 6.63. The van der Waals surface area contributed by atoms with E-state index in [-0.39, 0.29) is 0 Å². The van der Waals surface area contributed by atoms with Crippen LogP contribution in [0.25, 0.3) is 0 Å². The summed E-state index contributed by atoms with van der Waals surface area (Å²) in [4.78, 5) is 10.4. The molecular formula is C11H15ClO2. The van der Waals surface area contributed by atoms with Crippen molar-refractivity contribution in [1.82, 2.24) is 0 Å². The zero-order valence-corrected chi connectivity index (χ0v) is 9.25. The molecule has 1 rings (SSSR count). The minimum Gasteiger partial charge on any atom is -0.382 e. The number of benzene rings is 1. The highest BCUT2D eigenvalue weighted by atomic mass is 35.5. The van der Waals surface area contributed by atoms with Gasteiger partial charge in [-0.25, -0.2) is 0 Å². The first-order valence-corrected chi connectivity index (χ1v) is 4.92. The second-order valence-electron chi connectivity index (χ2n) is 2.42. The maximum atomic E-state index is 10.4. The van der Waals surface area contributed by atoms with Crippen LogP contribution in [0.4, 0.5) is 0 Å². The van der Waals surface area contributed by atoms with Gasteiger partial charge in [0.1, 0.15) is 0 Å². The van der Waals surface area contributed by atoms with Gasteiger partial charge in [-0.15, -0.1) is 0 Å². The Morgan fingerprint density at radius 2 is 1.71 bits per heavy atom. The van der Waals surface area contributed by atoms with Gasteiger partial charge in [0, 0.05) is 18.8 Å². The molecule has 0 saturated heterocycles. The van der Waals surface area contributed by atoms with Crippen LogP contribution < -0.4 is 0 Å². The Hall–Kier alpha value is -0.860. The standard InChI is InChI=1S/C7H5ClO.C4H10O/c8-7(9)6-4-2-1-3-5-6;1-3-5-4-2/h1-5H;3-4H2,1-2H3. The van der Waals surface area contributed by atoms with E-state index in [0.29, 0.717) is 5.56 Å². The van der Waals surface area contributed by atoms with Crippen LogP contribution in [0.5, 0.6) is 0 Å². The van der Waals surface area contributed by atoms with Crippen LogP contribution in [0, 0.1) is 0 Å². The van der Waals surface area contributed by atoms with E-state index in [4.69, 9.17) is 16.3 Å². The van der Waals surface area contributed by atoms with E-state index in [0.717, 1.165) is 13.2 Å². The first-order chi connectivity index (χ1) is 6.72. The minimum absolute atomic E-state index is 0.407. The molecule has 0 radical (unpaired) electrons. The zero-order valence-electron chi connectivity index (χ0n) is 8.50. The first kappa shape index (κ1) is 13.1. The van der Waals surface area contributed by atoms with E-state index >= 15 is 0 Å². The molecule has 0 aliphatic rings. The highest BCUT2D eigenvalue weighted by Gasteiger charge is 1.95. The Labute approximate surface area is 89.8 Å². The van der Waals surface area contributed by atoms with Gasteiger partial charge in [0.25, 0.3) is 5.24 Å². The molecule has 0 heterocycles. The van der Waals surface area contributed by atoms with E-state index in [2.05, 4.69) is 0 Å². The molecule has 14 heavy (non-hydrogen) atoms. The van der Waals surface area contributed by atoms with E-state index < -0.39 is 5.24 Å². The van der Waals surface area contributed by atoms with E-state index in [1.54, 1.807) is 24.3 Å². The van der Waals surface area contributed by atoms with Gasteiger partial charge in [-0.1, -0.05) is 30.3 Å². The van der Waals surface area contributed by atoms with E-state index in [9.17, 15) is 4.79 Å². The number of ether oxygens (including phenoxy) is 1. The number of rotatable bonds is 3. The molecule has 0 N–H and O–H groups in total.